The minimum Gasteiger partial charge on any atom is -0.398 e. The minimum absolute atomic E-state index is 0. The number of non-ortho nitro benzene ring substituents is 1. The van der Waals surface area contributed by atoms with Crippen LogP contribution in [-0.2, 0) is 0 Å². The van der Waals surface area contributed by atoms with Crippen molar-refractivity contribution >= 4 is 29.7 Å². The Balaban J connectivity index is 0.00000220. The van der Waals surface area contributed by atoms with Crippen molar-refractivity contribution in [1.29, 1.82) is 0 Å². The molecule has 1 aliphatic carbocycles. The van der Waals surface area contributed by atoms with Crippen LogP contribution < -0.4 is 16.8 Å². The normalized spacial score (nSPS) is 16.0. The average Bonchev–Trinajstić information content (AvgIpc) is 2.88. The van der Waals surface area contributed by atoms with Crippen molar-refractivity contribution < 1.29 is 9.72 Å². The Labute approximate surface area is 128 Å². The van der Waals surface area contributed by atoms with Crippen molar-refractivity contribution in [3.8, 4) is 0 Å². The van der Waals surface area contributed by atoms with Crippen LogP contribution in [0.1, 0.15) is 36.0 Å². The first kappa shape index (κ1) is 17.2. The molecule has 1 aliphatic rings. The van der Waals surface area contributed by atoms with Gasteiger partial charge < -0.3 is 16.8 Å². The highest BCUT2D eigenvalue weighted by atomic mass is 35.5. The summed E-state index contributed by atoms with van der Waals surface area (Å²) in [7, 11) is 0. The summed E-state index contributed by atoms with van der Waals surface area (Å²) in [6.45, 7) is 0.355. The standard InChI is InChI=1S/C13H18N4O3.ClH/c14-8-13(5-1-2-6-13)16-12(18)10-7-9(17(19)20)3-4-11(10)15;/h3-4,7H,1-2,5-6,8,14-15H2,(H,16,18);1H. The second-order valence-electron chi connectivity index (χ2n) is 5.17. The Bertz CT molecular complexity index is 544. The molecular formula is C13H19ClN4O3. The van der Waals surface area contributed by atoms with Gasteiger partial charge in [0.2, 0.25) is 0 Å². The molecule has 5 N–H and O–H groups in total. The third kappa shape index (κ3) is 3.62. The molecule has 0 atom stereocenters. The molecule has 1 fully saturated rings. The molecule has 0 bridgehead atoms. The highest BCUT2D eigenvalue weighted by molar-refractivity contribution is 6.00. The van der Waals surface area contributed by atoms with E-state index in [0.29, 0.717) is 6.54 Å². The first-order valence-electron chi connectivity index (χ1n) is 6.54. The number of hydrogen-bond donors (Lipinski definition) is 3. The Morgan fingerprint density at radius 1 is 1.38 bits per heavy atom. The van der Waals surface area contributed by atoms with E-state index in [4.69, 9.17) is 11.5 Å². The number of nitro groups is 1. The minimum atomic E-state index is -0.551. The number of rotatable bonds is 4. The zero-order valence-corrected chi connectivity index (χ0v) is 12.3. The molecule has 0 heterocycles. The molecule has 1 aromatic rings. The fourth-order valence-electron chi connectivity index (χ4n) is 2.59. The first-order valence-corrected chi connectivity index (χ1v) is 6.54. The van der Waals surface area contributed by atoms with Crippen LogP contribution in [-0.4, -0.2) is 22.9 Å². The van der Waals surface area contributed by atoms with Gasteiger partial charge >= 0.3 is 0 Å². The lowest BCUT2D eigenvalue weighted by atomic mass is 9.97. The van der Waals surface area contributed by atoms with E-state index in [1.165, 1.54) is 18.2 Å². The summed E-state index contributed by atoms with van der Waals surface area (Å²) in [6.07, 6.45) is 3.68. The van der Waals surface area contributed by atoms with Crippen molar-refractivity contribution in [3.05, 3.63) is 33.9 Å². The van der Waals surface area contributed by atoms with Gasteiger partial charge in [0.15, 0.2) is 0 Å². The number of nitrogens with two attached hydrogens (primary N) is 2. The Morgan fingerprint density at radius 3 is 2.52 bits per heavy atom. The predicted molar refractivity (Wildman–Crippen MR) is 82.5 cm³/mol. The quantitative estimate of drug-likeness (QED) is 0.442. The molecule has 2 rings (SSSR count). The molecule has 0 unspecified atom stereocenters. The number of anilines is 1. The largest absolute Gasteiger partial charge is 0.398 e. The lowest BCUT2D eigenvalue weighted by molar-refractivity contribution is -0.384. The SMILES string of the molecule is Cl.NCC1(NC(=O)c2cc([N+](=O)[O-])ccc2N)CCCC1. The molecule has 0 spiro atoms. The smallest absolute Gasteiger partial charge is 0.270 e. The fourth-order valence-corrected chi connectivity index (χ4v) is 2.59. The van der Waals surface area contributed by atoms with Crippen LogP contribution in [0, 0.1) is 10.1 Å². The van der Waals surface area contributed by atoms with Crippen LogP contribution in [0.2, 0.25) is 0 Å². The molecule has 1 aromatic carbocycles. The second kappa shape index (κ2) is 6.73. The van der Waals surface area contributed by atoms with Crippen molar-refractivity contribution in [1.82, 2.24) is 5.32 Å². The topological polar surface area (TPSA) is 124 Å². The summed E-state index contributed by atoms with van der Waals surface area (Å²) in [5.74, 6) is -0.404. The first-order chi connectivity index (χ1) is 9.47. The van der Waals surface area contributed by atoms with Crippen LogP contribution in [0.25, 0.3) is 0 Å². The van der Waals surface area contributed by atoms with E-state index in [0.717, 1.165) is 25.7 Å². The summed E-state index contributed by atoms with van der Waals surface area (Å²) in [6, 6.07) is 3.85. The molecule has 0 radical (unpaired) electrons. The van der Waals surface area contributed by atoms with Gasteiger partial charge in [-0.15, -0.1) is 12.4 Å². The van der Waals surface area contributed by atoms with E-state index in [2.05, 4.69) is 5.32 Å². The lowest BCUT2D eigenvalue weighted by Gasteiger charge is -2.28. The number of nitrogens with zero attached hydrogens (tertiary/aromatic N) is 1. The zero-order chi connectivity index (χ0) is 14.8. The molecule has 21 heavy (non-hydrogen) atoms. The van der Waals surface area contributed by atoms with Gasteiger partial charge in [0, 0.05) is 24.4 Å². The summed E-state index contributed by atoms with van der Waals surface area (Å²) < 4.78 is 0. The van der Waals surface area contributed by atoms with Gasteiger partial charge in [-0.1, -0.05) is 12.8 Å². The molecule has 1 amide bonds. The highest BCUT2D eigenvalue weighted by Gasteiger charge is 2.34. The fraction of sp³-hybridized carbons (Fsp3) is 0.462. The molecule has 116 valence electrons. The van der Waals surface area contributed by atoms with E-state index < -0.39 is 16.4 Å². The maximum absolute atomic E-state index is 12.3. The molecule has 0 aliphatic heterocycles. The maximum atomic E-state index is 12.3. The van der Waals surface area contributed by atoms with Crippen LogP contribution in [0.4, 0.5) is 11.4 Å². The molecule has 8 heteroatoms. The van der Waals surface area contributed by atoms with Gasteiger partial charge in [-0.3, -0.25) is 14.9 Å². The van der Waals surface area contributed by atoms with Gasteiger partial charge in [0.1, 0.15) is 0 Å². The Hall–Kier alpha value is -1.86. The van der Waals surface area contributed by atoms with Crippen molar-refractivity contribution in [2.75, 3.05) is 12.3 Å². The Kier molecular flexibility index (Phi) is 5.51. The van der Waals surface area contributed by atoms with Crippen LogP contribution in [0.15, 0.2) is 18.2 Å². The molecule has 0 saturated heterocycles. The van der Waals surface area contributed by atoms with Crippen LogP contribution in [0.3, 0.4) is 0 Å². The Morgan fingerprint density at radius 2 is 2.00 bits per heavy atom. The third-order valence-corrected chi connectivity index (χ3v) is 3.82. The highest BCUT2D eigenvalue weighted by Crippen LogP contribution is 2.29. The summed E-state index contributed by atoms with van der Waals surface area (Å²) >= 11 is 0. The van der Waals surface area contributed by atoms with E-state index >= 15 is 0 Å². The molecule has 1 saturated carbocycles. The van der Waals surface area contributed by atoms with Crippen molar-refractivity contribution in [2.45, 2.75) is 31.2 Å². The van der Waals surface area contributed by atoms with E-state index in [9.17, 15) is 14.9 Å². The molecule has 0 aromatic heterocycles. The van der Waals surface area contributed by atoms with Crippen LogP contribution >= 0.6 is 12.4 Å². The maximum Gasteiger partial charge on any atom is 0.270 e. The number of hydrogen-bond acceptors (Lipinski definition) is 5. The summed E-state index contributed by atoms with van der Waals surface area (Å²) in [4.78, 5) is 22.5. The van der Waals surface area contributed by atoms with Gasteiger partial charge in [-0.25, -0.2) is 0 Å². The number of nitro benzene ring substituents is 1. The van der Waals surface area contributed by atoms with Gasteiger partial charge in [0.25, 0.3) is 11.6 Å². The van der Waals surface area contributed by atoms with Crippen molar-refractivity contribution in [3.63, 3.8) is 0 Å². The van der Waals surface area contributed by atoms with Crippen LogP contribution in [0.5, 0.6) is 0 Å². The summed E-state index contributed by atoms with van der Waals surface area (Å²) in [5.41, 5.74) is 11.3. The van der Waals surface area contributed by atoms with Gasteiger partial charge in [-0.05, 0) is 18.9 Å². The van der Waals surface area contributed by atoms with Gasteiger partial charge in [-0.2, -0.15) is 0 Å². The third-order valence-electron chi connectivity index (χ3n) is 3.82. The van der Waals surface area contributed by atoms with Gasteiger partial charge in [0.05, 0.1) is 16.0 Å². The molecular weight excluding hydrogens is 296 g/mol. The zero-order valence-electron chi connectivity index (χ0n) is 11.5. The average molecular weight is 315 g/mol. The number of nitrogen functional groups attached to an aromatic ring is 1. The molecule has 7 nitrogen and oxygen atoms in total. The number of halogens is 1. The summed E-state index contributed by atoms with van der Waals surface area (Å²) in [5, 5.41) is 13.7. The number of nitrogens with one attached hydrogen (secondary N) is 1. The number of benzene rings is 1. The predicted octanol–water partition coefficient (Wildman–Crippen LogP) is 1.60. The monoisotopic (exact) mass is 314 g/mol. The number of carbonyl (C=O) groups excluding carboxylic acids is 1. The van der Waals surface area contributed by atoms with Crippen molar-refractivity contribution in [2.24, 2.45) is 5.73 Å². The lowest BCUT2D eigenvalue weighted by Crippen LogP contribution is -2.51. The van der Waals surface area contributed by atoms with E-state index in [1.807, 2.05) is 0 Å². The number of amides is 1. The second-order valence-corrected chi connectivity index (χ2v) is 5.17. The van der Waals surface area contributed by atoms with E-state index in [-0.39, 0.29) is 29.3 Å². The van der Waals surface area contributed by atoms with E-state index in [1.54, 1.807) is 0 Å². The number of carbonyl (C=O) groups is 1.